The number of hydrogen-bond acceptors (Lipinski definition) is 5. The van der Waals surface area contributed by atoms with Crippen LogP contribution < -0.4 is 4.31 Å². The van der Waals surface area contributed by atoms with Crippen molar-refractivity contribution < 1.29 is 22.7 Å². The largest absolute Gasteiger partial charge is 0.466 e. The summed E-state index contributed by atoms with van der Waals surface area (Å²) in [5.41, 5.74) is 2.24. The molecule has 7 nitrogen and oxygen atoms in total. The molecule has 0 radical (unpaired) electrons. The number of aryl methyl sites for hydroxylation is 2. The lowest BCUT2D eigenvalue weighted by atomic mass is 9.97. The molecule has 0 atom stereocenters. The Kier molecular flexibility index (Phi) is 6.86. The summed E-state index contributed by atoms with van der Waals surface area (Å²) in [6, 6.07) is 5.52. The number of ether oxygens (including phenoxy) is 1. The Hall–Kier alpha value is -2.09. The number of carbonyl (C=O) groups is 2. The third-order valence-electron chi connectivity index (χ3n) is 4.78. The molecule has 0 N–H and O–H groups in total. The Morgan fingerprint density at radius 2 is 1.85 bits per heavy atom. The predicted octanol–water partition coefficient (Wildman–Crippen LogP) is 1.87. The van der Waals surface area contributed by atoms with Crippen LogP contribution in [0, 0.1) is 19.8 Å². The number of piperidine rings is 1. The molecule has 1 aromatic carbocycles. The maximum absolute atomic E-state index is 12.7. The van der Waals surface area contributed by atoms with Crippen LogP contribution in [0.4, 0.5) is 5.69 Å². The van der Waals surface area contributed by atoms with Crippen LogP contribution in [-0.2, 0) is 24.3 Å². The van der Waals surface area contributed by atoms with Gasteiger partial charge in [0.1, 0.15) is 6.54 Å². The van der Waals surface area contributed by atoms with E-state index < -0.39 is 10.0 Å². The van der Waals surface area contributed by atoms with Crippen LogP contribution in [0.5, 0.6) is 0 Å². The Labute approximate surface area is 161 Å². The summed E-state index contributed by atoms with van der Waals surface area (Å²) in [4.78, 5) is 26.2. The summed E-state index contributed by atoms with van der Waals surface area (Å²) in [6.07, 6.45) is 2.18. The second-order valence-electron chi connectivity index (χ2n) is 6.97. The van der Waals surface area contributed by atoms with E-state index in [-0.39, 0.29) is 24.3 Å². The second kappa shape index (κ2) is 8.73. The van der Waals surface area contributed by atoms with Gasteiger partial charge >= 0.3 is 5.97 Å². The summed E-state index contributed by atoms with van der Waals surface area (Å²) >= 11 is 0. The Balaban J connectivity index is 2.10. The van der Waals surface area contributed by atoms with Crippen LogP contribution in [0.1, 0.15) is 30.9 Å². The van der Waals surface area contributed by atoms with E-state index in [2.05, 4.69) is 0 Å². The molecule has 0 unspecified atom stereocenters. The van der Waals surface area contributed by atoms with Gasteiger partial charge in [-0.2, -0.15) is 0 Å². The molecule has 0 saturated carbocycles. The van der Waals surface area contributed by atoms with Crippen molar-refractivity contribution in [3.05, 3.63) is 29.3 Å². The fraction of sp³-hybridized carbons (Fsp3) is 0.579. The molecule has 1 heterocycles. The van der Waals surface area contributed by atoms with Crippen LogP contribution >= 0.6 is 0 Å². The standard InChI is InChI=1S/C19H28N2O5S/c1-5-26-19(23)16-8-10-20(11-9-16)18(22)13-21(27(4,24)25)17-12-14(2)6-7-15(17)3/h6-7,12,16H,5,8-11,13H2,1-4H3. The zero-order valence-electron chi connectivity index (χ0n) is 16.4. The van der Waals surface area contributed by atoms with Gasteiger partial charge in [-0.1, -0.05) is 12.1 Å². The maximum atomic E-state index is 12.7. The van der Waals surface area contributed by atoms with Gasteiger partial charge in [0.15, 0.2) is 0 Å². The van der Waals surface area contributed by atoms with Gasteiger partial charge in [0.2, 0.25) is 15.9 Å². The fourth-order valence-electron chi connectivity index (χ4n) is 3.22. The van der Waals surface area contributed by atoms with Crippen molar-refractivity contribution in [3.8, 4) is 0 Å². The molecule has 8 heteroatoms. The van der Waals surface area contributed by atoms with Crippen molar-refractivity contribution in [1.82, 2.24) is 4.90 Å². The summed E-state index contributed by atoms with van der Waals surface area (Å²) in [5, 5.41) is 0. The van der Waals surface area contributed by atoms with Crippen LogP contribution in [0.3, 0.4) is 0 Å². The lowest BCUT2D eigenvalue weighted by Crippen LogP contribution is -2.46. The van der Waals surface area contributed by atoms with Crippen LogP contribution in [0.2, 0.25) is 0 Å². The number of rotatable bonds is 6. The molecule has 1 aliphatic rings. The minimum Gasteiger partial charge on any atom is -0.466 e. The van der Waals surface area contributed by atoms with E-state index in [1.54, 1.807) is 17.9 Å². The minimum atomic E-state index is -3.61. The van der Waals surface area contributed by atoms with Gasteiger partial charge < -0.3 is 9.64 Å². The molecule has 0 spiro atoms. The summed E-state index contributed by atoms with van der Waals surface area (Å²) in [5.74, 6) is -0.680. The molecule has 0 aromatic heterocycles. The van der Waals surface area contributed by atoms with E-state index in [9.17, 15) is 18.0 Å². The summed E-state index contributed by atoms with van der Waals surface area (Å²) < 4.78 is 30.8. The van der Waals surface area contributed by atoms with Gasteiger partial charge in [-0.25, -0.2) is 8.42 Å². The molecule has 1 saturated heterocycles. The van der Waals surface area contributed by atoms with Crippen LogP contribution in [0.25, 0.3) is 0 Å². The molecule has 1 aromatic rings. The lowest BCUT2D eigenvalue weighted by Gasteiger charge is -2.33. The smallest absolute Gasteiger partial charge is 0.309 e. The average Bonchev–Trinajstić information content (AvgIpc) is 2.61. The van der Waals surface area contributed by atoms with E-state index in [4.69, 9.17) is 4.74 Å². The van der Waals surface area contributed by atoms with Crippen molar-refractivity contribution in [3.63, 3.8) is 0 Å². The van der Waals surface area contributed by atoms with Crippen LogP contribution in [0.15, 0.2) is 18.2 Å². The average molecular weight is 397 g/mol. The van der Waals surface area contributed by atoms with E-state index in [0.717, 1.165) is 21.7 Å². The second-order valence-corrected chi connectivity index (χ2v) is 8.87. The molecule has 0 aliphatic carbocycles. The fourth-order valence-corrected chi connectivity index (χ4v) is 4.12. The number of benzene rings is 1. The zero-order valence-corrected chi connectivity index (χ0v) is 17.2. The first-order valence-corrected chi connectivity index (χ1v) is 11.0. The molecule has 0 bridgehead atoms. The SMILES string of the molecule is CCOC(=O)C1CCN(C(=O)CN(c2cc(C)ccc2C)S(C)(=O)=O)CC1. The van der Waals surface area contributed by atoms with Gasteiger partial charge in [-0.15, -0.1) is 0 Å². The minimum absolute atomic E-state index is 0.195. The molecular formula is C19H28N2O5S. The quantitative estimate of drug-likeness (QED) is 0.686. The third kappa shape index (κ3) is 5.45. The number of anilines is 1. The van der Waals surface area contributed by atoms with Crippen molar-refractivity contribution in [2.75, 3.05) is 36.8 Å². The maximum Gasteiger partial charge on any atom is 0.309 e. The Morgan fingerprint density at radius 3 is 2.41 bits per heavy atom. The number of amides is 1. The number of likely N-dealkylation sites (tertiary alicyclic amines) is 1. The van der Waals surface area contributed by atoms with Gasteiger partial charge in [0, 0.05) is 13.1 Å². The molecular weight excluding hydrogens is 368 g/mol. The van der Waals surface area contributed by atoms with E-state index in [0.29, 0.717) is 38.2 Å². The number of hydrogen-bond donors (Lipinski definition) is 0. The Bertz CT molecular complexity index is 798. The van der Waals surface area contributed by atoms with Crippen molar-refractivity contribution >= 4 is 27.6 Å². The van der Waals surface area contributed by atoms with Crippen molar-refractivity contribution in [2.24, 2.45) is 5.92 Å². The summed E-state index contributed by atoms with van der Waals surface area (Å²) in [6.45, 7) is 6.42. The number of nitrogens with zero attached hydrogens (tertiary/aromatic N) is 2. The highest BCUT2D eigenvalue weighted by Crippen LogP contribution is 2.25. The number of esters is 1. The van der Waals surface area contributed by atoms with E-state index >= 15 is 0 Å². The molecule has 150 valence electrons. The van der Waals surface area contributed by atoms with Gasteiger partial charge in [-0.3, -0.25) is 13.9 Å². The topological polar surface area (TPSA) is 84.0 Å². The monoisotopic (exact) mass is 396 g/mol. The van der Waals surface area contributed by atoms with Crippen molar-refractivity contribution in [1.29, 1.82) is 0 Å². The van der Waals surface area contributed by atoms with Gasteiger partial charge in [0.05, 0.1) is 24.5 Å². The van der Waals surface area contributed by atoms with E-state index in [1.807, 2.05) is 26.0 Å². The highest BCUT2D eigenvalue weighted by molar-refractivity contribution is 7.92. The van der Waals surface area contributed by atoms with Crippen LogP contribution in [-0.4, -0.2) is 57.7 Å². The molecule has 1 amide bonds. The first kappa shape index (κ1) is 21.2. The summed E-state index contributed by atoms with van der Waals surface area (Å²) in [7, 11) is -3.61. The number of sulfonamides is 1. The van der Waals surface area contributed by atoms with Gasteiger partial charge in [-0.05, 0) is 50.8 Å². The lowest BCUT2D eigenvalue weighted by molar-refractivity contribution is -0.151. The van der Waals surface area contributed by atoms with Crippen molar-refractivity contribution in [2.45, 2.75) is 33.6 Å². The normalized spacial score (nSPS) is 15.5. The zero-order chi connectivity index (χ0) is 20.2. The Morgan fingerprint density at radius 1 is 1.22 bits per heavy atom. The number of carbonyl (C=O) groups excluding carboxylic acids is 2. The molecule has 1 fully saturated rings. The molecule has 27 heavy (non-hydrogen) atoms. The highest BCUT2D eigenvalue weighted by Gasteiger charge is 2.30. The molecule has 1 aliphatic heterocycles. The predicted molar refractivity (Wildman–Crippen MR) is 104 cm³/mol. The highest BCUT2D eigenvalue weighted by atomic mass is 32.2. The van der Waals surface area contributed by atoms with Gasteiger partial charge in [0.25, 0.3) is 0 Å². The first-order chi connectivity index (χ1) is 12.6. The first-order valence-electron chi connectivity index (χ1n) is 9.12. The third-order valence-corrected chi connectivity index (χ3v) is 5.91. The molecule has 2 rings (SSSR count). The van der Waals surface area contributed by atoms with E-state index in [1.165, 1.54) is 0 Å².